The lowest BCUT2D eigenvalue weighted by Gasteiger charge is -2.27. The Hall–Kier alpha value is -1.62. The molecule has 0 saturated heterocycles. The van der Waals surface area contributed by atoms with Gasteiger partial charge in [-0.1, -0.05) is 6.08 Å². The number of rotatable bonds is 2. The van der Waals surface area contributed by atoms with Gasteiger partial charge >= 0.3 is 5.97 Å². The van der Waals surface area contributed by atoms with Crippen LogP contribution in [-0.4, -0.2) is 34.3 Å². The fraction of sp³-hybridized carbons (Fsp3) is 0.538. The van der Waals surface area contributed by atoms with Crippen LogP contribution in [0.1, 0.15) is 32.8 Å². The summed E-state index contributed by atoms with van der Waals surface area (Å²) in [7, 11) is 0. The maximum absolute atomic E-state index is 11.7. The van der Waals surface area contributed by atoms with E-state index >= 15 is 0 Å². The van der Waals surface area contributed by atoms with Crippen molar-refractivity contribution in [3.8, 4) is 0 Å². The van der Waals surface area contributed by atoms with E-state index in [-0.39, 0.29) is 5.97 Å². The molecule has 1 aromatic rings. The van der Waals surface area contributed by atoms with Gasteiger partial charge in [-0.05, 0) is 32.8 Å². The number of hydrogen-bond acceptors (Lipinski definition) is 4. The summed E-state index contributed by atoms with van der Waals surface area (Å²) in [6, 6.07) is 0. The van der Waals surface area contributed by atoms with Crippen LogP contribution in [0.25, 0.3) is 5.57 Å². The van der Waals surface area contributed by atoms with E-state index < -0.39 is 5.41 Å². The molecule has 0 aromatic carbocycles. The van der Waals surface area contributed by atoms with Crippen molar-refractivity contribution < 1.29 is 9.63 Å². The molecular weight excluding hydrogens is 230 g/mol. The second-order valence-electron chi connectivity index (χ2n) is 5.48. The van der Waals surface area contributed by atoms with Gasteiger partial charge in [0, 0.05) is 18.3 Å². The van der Waals surface area contributed by atoms with Crippen LogP contribution in [0.2, 0.25) is 0 Å². The van der Waals surface area contributed by atoms with E-state index in [4.69, 9.17) is 4.84 Å². The molecule has 0 radical (unpaired) electrons. The highest BCUT2D eigenvalue weighted by Crippen LogP contribution is 2.23. The van der Waals surface area contributed by atoms with Crippen LogP contribution in [0.5, 0.6) is 0 Å². The lowest BCUT2D eigenvalue weighted by molar-refractivity contribution is -0.198. The van der Waals surface area contributed by atoms with Crippen LogP contribution in [0, 0.1) is 5.41 Å². The molecule has 1 aliphatic heterocycles. The minimum atomic E-state index is -0.464. The van der Waals surface area contributed by atoms with Gasteiger partial charge in [-0.2, -0.15) is 5.10 Å². The maximum atomic E-state index is 11.7. The molecule has 5 heteroatoms. The summed E-state index contributed by atoms with van der Waals surface area (Å²) in [5, 5.41) is 8.44. The van der Waals surface area contributed by atoms with Gasteiger partial charge in [-0.25, -0.2) is 4.79 Å². The first-order chi connectivity index (χ1) is 8.47. The first kappa shape index (κ1) is 12.8. The molecule has 0 atom stereocenters. The van der Waals surface area contributed by atoms with Gasteiger partial charge in [-0.15, -0.1) is 5.06 Å². The molecule has 0 saturated carbocycles. The average molecular weight is 249 g/mol. The minimum absolute atomic E-state index is 0.192. The Morgan fingerprint density at radius 3 is 2.78 bits per heavy atom. The van der Waals surface area contributed by atoms with Crippen LogP contribution in [0.4, 0.5) is 0 Å². The van der Waals surface area contributed by atoms with Gasteiger partial charge in [0.2, 0.25) is 0 Å². The Kier molecular flexibility index (Phi) is 3.52. The monoisotopic (exact) mass is 249 g/mol. The molecule has 18 heavy (non-hydrogen) atoms. The van der Waals surface area contributed by atoms with Crippen molar-refractivity contribution in [2.24, 2.45) is 5.41 Å². The van der Waals surface area contributed by atoms with E-state index in [9.17, 15) is 4.79 Å². The van der Waals surface area contributed by atoms with Crippen molar-refractivity contribution in [1.82, 2.24) is 15.3 Å². The van der Waals surface area contributed by atoms with Crippen LogP contribution in [0.3, 0.4) is 0 Å². The molecule has 1 aromatic heterocycles. The lowest BCUT2D eigenvalue weighted by Crippen LogP contribution is -2.35. The molecule has 2 heterocycles. The highest BCUT2D eigenvalue weighted by Gasteiger charge is 2.26. The third-order valence-electron chi connectivity index (χ3n) is 2.87. The van der Waals surface area contributed by atoms with Crippen LogP contribution < -0.4 is 0 Å². The van der Waals surface area contributed by atoms with Crippen LogP contribution >= 0.6 is 0 Å². The van der Waals surface area contributed by atoms with Crippen molar-refractivity contribution in [2.45, 2.75) is 27.2 Å². The number of nitrogens with one attached hydrogen (secondary N) is 1. The van der Waals surface area contributed by atoms with Gasteiger partial charge in [0.1, 0.15) is 0 Å². The van der Waals surface area contributed by atoms with Crippen LogP contribution in [0.15, 0.2) is 18.5 Å². The second-order valence-corrected chi connectivity index (χ2v) is 5.48. The van der Waals surface area contributed by atoms with E-state index in [0.29, 0.717) is 6.54 Å². The zero-order valence-corrected chi connectivity index (χ0v) is 11.1. The predicted molar refractivity (Wildman–Crippen MR) is 68.3 cm³/mol. The Labute approximate surface area is 107 Å². The van der Waals surface area contributed by atoms with Crippen molar-refractivity contribution in [1.29, 1.82) is 0 Å². The first-order valence-electron chi connectivity index (χ1n) is 6.12. The number of nitrogens with zero attached hydrogens (tertiary/aromatic N) is 2. The second kappa shape index (κ2) is 4.94. The van der Waals surface area contributed by atoms with Crippen LogP contribution in [-0.2, 0) is 9.63 Å². The number of aromatic nitrogens is 2. The quantitative estimate of drug-likeness (QED) is 0.871. The zero-order valence-electron chi connectivity index (χ0n) is 11.1. The largest absolute Gasteiger partial charge is 0.367 e. The highest BCUT2D eigenvalue weighted by molar-refractivity contribution is 5.75. The summed E-state index contributed by atoms with van der Waals surface area (Å²) < 4.78 is 0. The molecule has 0 bridgehead atoms. The third-order valence-corrected chi connectivity index (χ3v) is 2.87. The van der Waals surface area contributed by atoms with E-state index in [1.165, 1.54) is 5.57 Å². The number of aromatic amines is 1. The summed E-state index contributed by atoms with van der Waals surface area (Å²) in [5.41, 5.74) is 1.89. The Bertz CT molecular complexity index is 443. The number of carbonyl (C=O) groups excluding carboxylic acids is 1. The maximum Gasteiger partial charge on any atom is 0.330 e. The van der Waals surface area contributed by atoms with E-state index in [1.54, 1.807) is 5.06 Å². The molecule has 2 rings (SSSR count). The molecule has 1 N–H and O–H groups in total. The van der Waals surface area contributed by atoms with Crippen molar-refractivity contribution in [3.05, 3.63) is 24.0 Å². The summed E-state index contributed by atoms with van der Waals surface area (Å²) in [6.45, 7) is 6.91. The standard InChI is InChI=1S/C13H19N3O2/c1-13(2,3)12(17)18-16-6-4-10(5-7-16)11-8-14-15-9-11/h4,8-9H,5-7H2,1-3H3,(H,14,15). The van der Waals surface area contributed by atoms with Gasteiger partial charge < -0.3 is 4.84 Å². The summed E-state index contributed by atoms with van der Waals surface area (Å²) in [6.07, 6.45) is 6.62. The van der Waals surface area contributed by atoms with Crippen molar-refractivity contribution in [2.75, 3.05) is 13.1 Å². The molecule has 98 valence electrons. The third kappa shape index (κ3) is 2.98. The molecule has 1 aliphatic rings. The molecule has 0 fully saturated rings. The Morgan fingerprint density at radius 2 is 2.28 bits per heavy atom. The summed E-state index contributed by atoms with van der Waals surface area (Å²) in [4.78, 5) is 17.1. The number of hydroxylamine groups is 2. The smallest absolute Gasteiger partial charge is 0.330 e. The van der Waals surface area contributed by atoms with Gasteiger partial charge in [0.15, 0.2) is 0 Å². The van der Waals surface area contributed by atoms with Gasteiger partial charge in [0.05, 0.1) is 18.2 Å². The van der Waals surface area contributed by atoms with E-state index in [1.807, 2.05) is 33.2 Å². The lowest BCUT2D eigenvalue weighted by atomic mass is 9.98. The zero-order chi connectivity index (χ0) is 13.2. The molecule has 0 unspecified atom stereocenters. The number of hydrogen-bond donors (Lipinski definition) is 1. The van der Waals surface area contributed by atoms with Gasteiger partial charge in [0.25, 0.3) is 0 Å². The fourth-order valence-electron chi connectivity index (χ4n) is 1.68. The molecule has 0 amide bonds. The molecule has 0 aliphatic carbocycles. The minimum Gasteiger partial charge on any atom is -0.367 e. The first-order valence-corrected chi connectivity index (χ1v) is 6.12. The predicted octanol–water partition coefficient (Wildman–Crippen LogP) is 2.00. The Morgan fingerprint density at radius 1 is 1.50 bits per heavy atom. The number of H-pyrrole nitrogens is 1. The van der Waals surface area contributed by atoms with Crippen molar-refractivity contribution >= 4 is 11.5 Å². The highest BCUT2D eigenvalue weighted by atomic mass is 16.7. The normalized spacial score (nSPS) is 17.4. The summed E-state index contributed by atoms with van der Waals surface area (Å²) in [5.74, 6) is -0.192. The topological polar surface area (TPSA) is 58.2 Å². The van der Waals surface area contributed by atoms with Crippen molar-refractivity contribution in [3.63, 3.8) is 0 Å². The van der Waals surface area contributed by atoms with Gasteiger partial charge in [-0.3, -0.25) is 5.10 Å². The summed E-state index contributed by atoms with van der Waals surface area (Å²) >= 11 is 0. The van der Waals surface area contributed by atoms with E-state index in [2.05, 4.69) is 16.3 Å². The molecule has 5 nitrogen and oxygen atoms in total. The average Bonchev–Trinajstić information content (AvgIpc) is 2.82. The number of carbonyl (C=O) groups is 1. The molecular formula is C13H19N3O2. The Balaban J connectivity index is 1.92. The van der Waals surface area contributed by atoms with E-state index in [0.717, 1.165) is 18.5 Å². The SMILES string of the molecule is CC(C)(C)C(=O)ON1CC=C(c2cn[nH]c2)CC1. The molecule has 0 spiro atoms. The fourth-order valence-corrected chi connectivity index (χ4v) is 1.68.